The molecule has 0 atom stereocenters. The first-order chi connectivity index (χ1) is 9.63. The fraction of sp³-hybridized carbons (Fsp3) is 0.133. The molecule has 1 aromatic heterocycles. The minimum Gasteiger partial charge on any atom is -0.231 e. The summed E-state index contributed by atoms with van der Waals surface area (Å²) >= 11 is 7.52. The smallest absolute Gasteiger partial charge is 0.231 e. The van der Waals surface area contributed by atoms with E-state index in [1.807, 2.05) is 13.0 Å². The van der Waals surface area contributed by atoms with Crippen LogP contribution >= 0.6 is 23.4 Å². The minimum absolute atomic E-state index is 0.267. The van der Waals surface area contributed by atoms with Gasteiger partial charge in [0.15, 0.2) is 11.0 Å². The summed E-state index contributed by atoms with van der Waals surface area (Å²) in [6.07, 6.45) is 0. The van der Waals surface area contributed by atoms with Crippen LogP contribution in [0.3, 0.4) is 0 Å². The highest BCUT2D eigenvalue weighted by Gasteiger charge is 2.13. The Hall–Kier alpha value is -1.52. The van der Waals surface area contributed by atoms with Crippen LogP contribution in [0.25, 0.3) is 11.0 Å². The molecule has 3 rings (SSSR count). The molecule has 1 heterocycles. The van der Waals surface area contributed by atoms with Crippen LogP contribution in [0.4, 0.5) is 4.39 Å². The molecule has 0 radical (unpaired) electrons. The highest BCUT2D eigenvalue weighted by molar-refractivity contribution is 7.98. The third-order valence-electron chi connectivity index (χ3n) is 3.09. The topological polar surface area (TPSA) is 29.9 Å². The van der Waals surface area contributed by atoms with Crippen molar-refractivity contribution in [3.63, 3.8) is 0 Å². The maximum atomic E-state index is 13.7. The van der Waals surface area contributed by atoms with Gasteiger partial charge < -0.3 is 0 Å². The number of aryl methyl sites for hydroxylation is 1. The van der Waals surface area contributed by atoms with Gasteiger partial charge in [0.2, 0.25) is 0 Å². The van der Waals surface area contributed by atoms with Crippen molar-refractivity contribution in [1.29, 1.82) is 0 Å². The van der Waals surface area contributed by atoms with E-state index in [4.69, 9.17) is 11.6 Å². The molecule has 0 aliphatic heterocycles. The predicted molar refractivity (Wildman–Crippen MR) is 80.6 cm³/mol. The second kappa shape index (κ2) is 5.46. The van der Waals surface area contributed by atoms with Gasteiger partial charge in [0, 0.05) is 16.3 Å². The Morgan fingerprint density at radius 1 is 1.30 bits per heavy atom. The average Bonchev–Trinajstić information content (AvgIpc) is 2.80. The number of thioether (sulfide) groups is 1. The standard InChI is InChI=1S/C15H12ClFN2S/c1-9-5-6-13-14(7-9)19-15(18-13)20-8-10-11(16)3-2-4-12(10)17/h2-7H,8H2,1H3,(H,18,19)/p+1. The summed E-state index contributed by atoms with van der Waals surface area (Å²) in [4.78, 5) is 6.56. The van der Waals surface area contributed by atoms with Crippen molar-refractivity contribution >= 4 is 34.4 Å². The number of benzene rings is 2. The summed E-state index contributed by atoms with van der Waals surface area (Å²) < 4.78 is 13.7. The lowest BCUT2D eigenvalue weighted by Crippen LogP contribution is -2.01. The van der Waals surface area contributed by atoms with E-state index < -0.39 is 0 Å². The molecule has 5 heteroatoms. The fourth-order valence-electron chi connectivity index (χ4n) is 2.03. The molecule has 0 aliphatic rings. The maximum absolute atomic E-state index is 13.7. The van der Waals surface area contributed by atoms with Gasteiger partial charge in [-0.25, -0.2) is 14.4 Å². The summed E-state index contributed by atoms with van der Waals surface area (Å²) in [5.74, 6) is 0.213. The van der Waals surface area contributed by atoms with Gasteiger partial charge in [0.05, 0.1) is 0 Å². The molecule has 2 aromatic carbocycles. The Bertz CT molecular complexity index is 749. The zero-order chi connectivity index (χ0) is 14.1. The van der Waals surface area contributed by atoms with E-state index >= 15 is 0 Å². The number of H-pyrrole nitrogens is 2. The predicted octanol–water partition coefficient (Wildman–Crippen LogP) is 4.38. The first kappa shape index (κ1) is 13.5. The lowest BCUT2D eigenvalue weighted by atomic mass is 10.2. The third kappa shape index (κ3) is 2.67. The number of rotatable bonds is 3. The number of nitrogens with one attached hydrogen (secondary N) is 2. The molecule has 0 spiro atoms. The van der Waals surface area contributed by atoms with Crippen LogP contribution in [-0.2, 0) is 5.75 Å². The summed E-state index contributed by atoms with van der Waals surface area (Å²) in [5.41, 5.74) is 3.81. The fourth-order valence-corrected chi connectivity index (χ4v) is 3.29. The number of hydrogen-bond acceptors (Lipinski definition) is 1. The van der Waals surface area contributed by atoms with Crippen molar-refractivity contribution < 1.29 is 9.37 Å². The van der Waals surface area contributed by atoms with Gasteiger partial charge in [0.25, 0.3) is 0 Å². The van der Waals surface area contributed by atoms with E-state index in [0.29, 0.717) is 16.3 Å². The molecule has 102 valence electrons. The van der Waals surface area contributed by atoms with Crippen molar-refractivity contribution in [3.8, 4) is 0 Å². The molecule has 0 saturated carbocycles. The van der Waals surface area contributed by atoms with Gasteiger partial charge in [-0.15, -0.1) is 0 Å². The summed E-state index contributed by atoms with van der Waals surface area (Å²) in [6.45, 7) is 2.05. The van der Waals surface area contributed by atoms with Gasteiger partial charge >= 0.3 is 5.16 Å². The molecule has 0 fully saturated rings. The highest BCUT2D eigenvalue weighted by Crippen LogP contribution is 2.27. The molecular weight excluding hydrogens is 295 g/mol. The summed E-state index contributed by atoms with van der Waals surface area (Å²) in [5, 5.41) is 1.36. The van der Waals surface area contributed by atoms with E-state index in [1.54, 1.807) is 12.1 Å². The van der Waals surface area contributed by atoms with Gasteiger partial charge in [-0.1, -0.05) is 23.7 Å². The van der Waals surface area contributed by atoms with Gasteiger partial charge in [-0.2, -0.15) is 0 Å². The normalized spacial score (nSPS) is 11.2. The van der Waals surface area contributed by atoms with E-state index in [0.717, 1.165) is 16.2 Å². The first-order valence-electron chi connectivity index (χ1n) is 6.21. The quantitative estimate of drug-likeness (QED) is 0.715. The van der Waals surface area contributed by atoms with Crippen LogP contribution in [-0.4, -0.2) is 4.98 Å². The zero-order valence-electron chi connectivity index (χ0n) is 10.8. The monoisotopic (exact) mass is 307 g/mol. The largest absolute Gasteiger partial charge is 0.314 e. The van der Waals surface area contributed by atoms with Crippen LogP contribution < -0.4 is 4.98 Å². The lowest BCUT2D eigenvalue weighted by molar-refractivity contribution is -0.396. The summed E-state index contributed by atoms with van der Waals surface area (Å²) in [6, 6.07) is 10.9. The molecule has 0 unspecified atom stereocenters. The Balaban J connectivity index is 1.83. The van der Waals surface area contributed by atoms with E-state index in [2.05, 4.69) is 22.1 Å². The Morgan fingerprint density at radius 3 is 2.95 bits per heavy atom. The number of aromatic amines is 2. The van der Waals surface area contributed by atoms with Crippen molar-refractivity contribution in [2.24, 2.45) is 0 Å². The highest BCUT2D eigenvalue weighted by atomic mass is 35.5. The molecule has 0 bridgehead atoms. The van der Waals surface area contributed by atoms with Gasteiger partial charge in [-0.05, 0) is 48.5 Å². The van der Waals surface area contributed by atoms with Crippen LogP contribution in [0, 0.1) is 12.7 Å². The van der Waals surface area contributed by atoms with E-state index in [1.165, 1.54) is 23.4 Å². The average molecular weight is 308 g/mol. The third-order valence-corrected chi connectivity index (χ3v) is 4.37. The minimum atomic E-state index is -0.267. The van der Waals surface area contributed by atoms with Crippen LogP contribution in [0.1, 0.15) is 11.1 Å². The van der Waals surface area contributed by atoms with Crippen molar-refractivity contribution in [3.05, 3.63) is 58.4 Å². The molecule has 0 saturated heterocycles. The number of imidazole rings is 1. The van der Waals surface area contributed by atoms with E-state index in [9.17, 15) is 4.39 Å². The second-order valence-electron chi connectivity index (χ2n) is 4.62. The van der Waals surface area contributed by atoms with Crippen molar-refractivity contribution in [2.45, 2.75) is 17.8 Å². The number of fused-ring (bicyclic) bond motifs is 1. The summed E-state index contributed by atoms with van der Waals surface area (Å²) in [7, 11) is 0. The number of halogens is 2. The zero-order valence-corrected chi connectivity index (χ0v) is 12.4. The van der Waals surface area contributed by atoms with Crippen molar-refractivity contribution in [2.75, 3.05) is 0 Å². The van der Waals surface area contributed by atoms with Gasteiger partial charge in [-0.3, -0.25) is 0 Å². The van der Waals surface area contributed by atoms with Crippen LogP contribution in [0.2, 0.25) is 5.02 Å². The SMILES string of the molecule is Cc1ccc2[nH+]c(SCc3c(F)cccc3Cl)[nH]c2c1. The van der Waals surface area contributed by atoms with Crippen LogP contribution in [0.15, 0.2) is 41.6 Å². The maximum Gasteiger partial charge on any atom is 0.314 e. The van der Waals surface area contributed by atoms with E-state index in [-0.39, 0.29) is 5.82 Å². The first-order valence-corrected chi connectivity index (χ1v) is 7.57. The van der Waals surface area contributed by atoms with Gasteiger partial charge in [0.1, 0.15) is 5.82 Å². The Kier molecular flexibility index (Phi) is 3.68. The van der Waals surface area contributed by atoms with Crippen molar-refractivity contribution in [1.82, 2.24) is 4.98 Å². The molecule has 2 nitrogen and oxygen atoms in total. The number of hydrogen-bond donors (Lipinski definition) is 1. The Labute approximate surface area is 125 Å². The Morgan fingerprint density at radius 2 is 2.15 bits per heavy atom. The molecule has 0 aliphatic carbocycles. The molecular formula is C15H13ClFN2S+. The number of aromatic nitrogens is 2. The second-order valence-corrected chi connectivity index (χ2v) is 6.01. The van der Waals surface area contributed by atoms with Crippen LogP contribution in [0.5, 0.6) is 0 Å². The molecule has 3 aromatic rings. The molecule has 20 heavy (non-hydrogen) atoms. The lowest BCUT2D eigenvalue weighted by Gasteiger charge is -2.02. The molecule has 2 N–H and O–H groups in total. The molecule has 0 amide bonds.